The van der Waals surface area contributed by atoms with Gasteiger partial charge in [0, 0.05) is 12.8 Å². The summed E-state index contributed by atoms with van der Waals surface area (Å²) in [7, 11) is 0. The molecule has 1 fully saturated rings. The van der Waals surface area contributed by atoms with Crippen molar-refractivity contribution < 1.29 is 9.90 Å². The number of carboxylic acid groups (broad SMARTS) is 1. The first kappa shape index (κ1) is 9.49. The smallest absolute Gasteiger partial charge is 0.331 e. The van der Waals surface area contributed by atoms with Crippen molar-refractivity contribution in [2.75, 3.05) is 6.54 Å². The maximum atomic E-state index is 11.3. The third-order valence-corrected chi connectivity index (χ3v) is 3.25. The van der Waals surface area contributed by atoms with Crippen LogP contribution in [0.3, 0.4) is 0 Å². The van der Waals surface area contributed by atoms with E-state index in [9.17, 15) is 9.90 Å². The zero-order valence-electron chi connectivity index (χ0n) is 8.28. The number of piperidine rings is 1. The summed E-state index contributed by atoms with van der Waals surface area (Å²) in [6.07, 6.45) is 7.26. The highest BCUT2D eigenvalue weighted by Crippen LogP contribution is 2.34. The Kier molecular flexibility index (Phi) is 2.44. The number of rotatable bonds is 1. The molecule has 0 radical (unpaired) electrons. The molecule has 0 spiro atoms. The fraction of sp³-hybridized carbons (Fsp3) is 0.800. The Hall–Kier alpha value is -1.06. The van der Waals surface area contributed by atoms with Crippen LogP contribution in [0.2, 0.25) is 0 Å². The van der Waals surface area contributed by atoms with E-state index in [2.05, 4.69) is 5.10 Å². The molecule has 2 aliphatic heterocycles. The van der Waals surface area contributed by atoms with Crippen LogP contribution in [0, 0.1) is 0 Å². The molecule has 0 saturated carbocycles. The van der Waals surface area contributed by atoms with Crippen LogP contribution >= 0.6 is 0 Å². The number of aliphatic carboxylic acids is 1. The van der Waals surface area contributed by atoms with Gasteiger partial charge in [0.25, 0.3) is 0 Å². The predicted octanol–water partition coefficient (Wildman–Crippen LogP) is 1.47. The molecule has 2 heterocycles. The molecule has 1 atom stereocenters. The van der Waals surface area contributed by atoms with E-state index in [1.807, 2.05) is 6.21 Å². The van der Waals surface area contributed by atoms with Gasteiger partial charge in [0.05, 0.1) is 0 Å². The normalized spacial score (nSPS) is 32.1. The standard InChI is InChI=1S/C10H16N2O2/c13-9(14)10-5-1-3-7-11-12(10)8-4-2-6-10/h7H,1-6,8H2,(H,13,14). The Labute approximate surface area is 83.6 Å². The van der Waals surface area contributed by atoms with Crippen LogP contribution in [0.25, 0.3) is 0 Å². The van der Waals surface area contributed by atoms with Gasteiger partial charge in [-0.3, -0.25) is 5.01 Å². The van der Waals surface area contributed by atoms with Gasteiger partial charge in [0.2, 0.25) is 0 Å². The number of carbonyl (C=O) groups is 1. The number of hydrazone groups is 1. The highest BCUT2D eigenvalue weighted by Gasteiger charge is 2.45. The average Bonchev–Trinajstić information content (AvgIpc) is 2.40. The molecule has 1 unspecified atom stereocenters. The average molecular weight is 196 g/mol. The Morgan fingerprint density at radius 3 is 2.93 bits per heavy atom. The van der Waals surface area contributed by atoms with Gasteiger partial charge in [-0.1, -0.05) is 0 Å². The van der Waals surface area contributed by atoms with E-state index < -0.39 is 11.5 Å². The van der Waals surface area contributed by atoms with E-state index in [1.165, 1.54) is 0 Å². The molecule has 0 aliphatic carbocycles. The predicted molar refractivity (Wildman–Crippen MR) is 53.3 cm³/mol. The zero-order chi connectivity index (χ0) is 10.0. The lowest BCUT2D eigenvalue weighted by Gasteiger charge is -2.41. The summed E-state index contributed by atoms with van der Waals surface area (Å²) in [5.74, 6) is -0.698. The Balaban J connectivity index is 2.29. The number of nitrogens with zero attached hydrogens (tertiary/aromatic N) is 2. The second kappa shape index (κ2) is 3.59. The summed E-state index contributed by atoms with van der Waals surface area (Å²) in [5, 5.41) is 15.4. The molecule has 0 bridgehead atoms. The lowest BCUT2D eigenvalue weighted by Crippen LogP contribution is -2.54. The fourth-order valence-electron chi connectivity index (χ4n) is 2.41. The molecule has 4 nitrogen and oxygen atoms in total. The quantitative estimate of drug-likeness (QED) is 0.690. The van der Waals surface area contributed by atoms with E-state index in [-0.39, 0.29) is 0 Å². The maximum Gasteiger partial charge on any atom is 0.331 e. The minimum Gasteiger partial charge on any atom is -0.479 e. The fourth-order valence-corrected chi connectivity index (χ4v) is 2.41. The summed E-state index contributed by atoms with van der Waals surface area (Å²) in [6, 6.07) is 0. The van der Waals surface area contributed by atoms with E-state index in [1.54, 1.807) is 5.01 Å². The first-order valence-electron chi connectivity index (χ1n) is 5.29. The van der Waals surface area contributed by atoms with Gasteiger partial charge < -0.3 is 5.11 Å². The van der Waals surface area contributed by atoms with Crippen molar-refractivity contribution >= 4 is 12.2 Å². The molecule has 0 aromatic carbocycles. The largest absolute Gasteiger partial charge is 0.479 e. The molecule has 0 aromatic rings. The second-order valence-electron chi connectivity index (χ2n) is 4.11. The number of hydrogen-bond acceptors (Lipinski definition) is 3. The summed E-state index contributed by atoms with van der Waals surface area (Å²) >= 11 is 0. The van der Waals surface area contributed by atoms with Crippen LogP contribution < -0.4 is 0 Å². The molecule has 0 aromatic heterocycles. The van der Waals surface area contributed by atoms with Gasteiger partial charge in [-0.25, -0.2) is 4.79 Å². The van der Waals surface area contributed by atoms with Crippen molar-refractivity contribution in [3.05, 3.63) is 0 Å². The maximum absolute atomic E-state index is 11.3. The molecule has 2 rings (SSSR count). The van der Waals surface area contributed by atoms with Gasteiger partial charge in [0.15, 0.2) is 5.54 Å². The first-order valence-corrected chi connectivity index (χ1v) is 5.29. The second-order valence-corrected chi connectivity index (χ2v) is 4.11. The summed E-state index contributed by atoms with van der Waals surface area (Å²) in [6.45, 7) is 0.794. The Morgan fingerprint density at radius 1 is 1.36 bits per heavy atom. The highest BCUT2D eigenvalue weighted by atomic mass is 16.4. The van der Waals surface area contributed by atoms with Crippen molar-refractivity contribution in [1.82, 2.24) is 5.01 Å². The number of hydrogen-bond donors (Lipinski definition) is 1. The van der Waals surface area contributed by atoms with Crippen LogP contribution in [0.1, 0.15) is 38.5 Å². The van der Waals surface area contributed by atoms with Crippen molar-refractivity contribution in [3.8, 4) is 0 Å². The van der Waals surface area contributed by atoms with Crippen LogP contribution in [-0.2, 0) is 4.79 Å². The Bertz CT molecular complexity index is 265. The summed E-state index contributed by atoms with van der Waals surface area (Å²) in [4.78, 5) is 11.3. The van der Waals surface area contributed by atoms with Gasteiger partial charge in [0.1, 0.15) is 0 Å². The molecule has 0 amide bonds. The molecular weight excluding hydrogens is 180 g/mol. The molecular formula is C10H16N2O2. The van der Waals surface area contributed by atoms with Crippen molar-refractivity contribution in [2.24, 2.45) is 5.10 Å². The zero-order valence-corrected chi connectivity index (χ0v) is 8.28. The highest BCUT2D eigenvalue weighted by molar-refractivity contribution is 5.79. The number of fused-ring (bicyclic) bond motifs is 1. The molecule has 78 valence electrons. The molecule has 14 heavy (non-hydrogen) atoms. The molecule has 1 N–H and O–H groups in total. The third kappa shape index (κ3) is 1.38. The minimum atomic E-state index is -0.698. The lowest BCUT2D eigenvalue weighted by molar-refractivity contribution is -0.154. The molecule has 4 heteroatoms. The van der Waals surface area contributed by atoms with Crippen LogP contribution in [0.5, 0.6) is 0 Å². The lowest BCUT2D eigenvalue weighted by atomic mass is 9.84. The Morgan fingerprint density at radius 2 is 2.14 bits per heavy atom. The van der Waals surface area contributed by atoms with Gasteiger partial charge in [-0.2, -0.15) is 5.10 Å². The van der Waals surface area contributed by atoms with Gasteiger partial charge in [-0.05, 0) is 38.5 Å². The van der Waals surface area contributed by atoms with E-state index in [4.69, 9.17) is 0 Å². The van der Waals surface area contributed by atoms with E-state index in [0.717, 1.165) is 45.1 Å². The SMILES string of the molecule is O=C(O)C12CCCC=NN1CCCC2. The first-order chi connectivity index (χ1) is 6.76. The molecule has 1 saturated heterocycles. The van der Waals surface area contributed by atoms with Crippen LogP contribution in [-0.4, -0.2) is 34.4 Å². The minimum absolute atomic E-state index is 0.689. The van der Waals surface area contributed by atoms with Crippen molar-refractivity contribution in [2.45, 2.75) is 44.1 Å². The third-order valence-electron chi connectivity index (χ3n) is 3.25. The van der Waals surface area contributed by atoms with E-state index in [0.29, 0.717) is 0 Å². The van der Waals surface area contributed by atoms with Gasteiger partial charge >= 0.3 is 5.97 Å². The number of carboxylic acids is 1. The van der Waals surface area contributed by atoms with Crippen LogP contribution in [0.4, 0.5) is 0 Å². The van der Waals surface area contributed by atoms with Crippen molar-refractivity contribution in [3.63, 3.8) is 0 Å². The monoisotopic (exact) mass is 196 g/mol. The summed E-state index contributed by atoms with van der Waals surface area (Å²) < 4.78 is 0. The summed E-state index contributed by atoms with van der Waals surface area (Å²) in [5.41, 5.74) is -0.689. The van der Waals surface area contributed by atoms with Crippen LogP contribution in [0.15, 0.2) is 5.10 Å². The van der Waals surface area contributed by atoms with Gasteiger partial charge in [-0.15, -0.1) is 0 Å². The molecule has 2 aliphatic rings. The van der Waals surface area contributed by atoms with E-state index >= 15 is 0 Å². The van der Waals surface area contributed by atoms with Crippen molar-refractivity contribution in [1.29, 1.82) is 0 Å². The topological polar surface area (TPSA) is 52.9 Å².